The molecular weight excluding hydrogens is 338 g/mol. The quantitative estimate of drug-likeness (QED) is 0.471. The van der Waals surface area contributed by atoms with Crippen molar-refractivity contribution in [2.24, 2.45) is 0 Å². The molecule has 136 valence electrons. The predicted octanol–water partition coefficient (Wildman–Crippen LogP) is 4.84. The van der Waals surface area contributed by atoms with Gasteiger partial charge in [0, 0.05) is 23.1 Å². The van der Waals surface area contributed by atoms with Gasteiger partial charge in [-0.1, -0.05) is 52.8 Å². The maximum absolute atomic E-state index is 14.3. The Kier molecular flexibility index (Phi) is 7.22. The standard InChI is InChI=1S/C20H26FO3P/c1-5-20(6-2,25-18-13-8-7-11-16(18)21)15-10-9-12-17(23-4)19(15)24-14-22-3/h7-13,25H,5-6,14H2,1-4H3. The van der Waals surface area contributed by atoms with E-state index < -0.39 is 0 Å². The number of methoxy groups -OCH3 is 2. The number of benzene rings is 2. The topological polar surface area (TPSA) is 27.7 Å². The maximum atomic E-state index is 14.3. The van der Waals surface area contributed by atoms with E-state index in [0.717, 1.165) is 23.7 Å². The molecule has 0 fully saturated rings. The summed E-state index contributed by atoms with van der Waals surface area (Å²) in [7, 11) is 3.50. The fraction of sp³-hybridized carbons (Fsp3) is 0.400. The Morgan fingerprint density at radius 2 is 1.72 bits per heavy atom. The minimum atomic E-state index is -0.222. The van der Waals surface area contributed by atoms with Gasteiger partial charge in [0.05, 0.1) is 7.11 Å². The number of ether oxygens (including phenoxy) is 3. The zero-order valence-corrected chi connectivity index (χ0v) is 16.3. The first-order chi connectivity index (χ1) is 12.1. The van der Waals surface area contributed by atoms with Crippen molar-refractivity contribution in [3.63, 3.8) is 0 Å². The minimum absolute atomic E-state index is 0.139. The molecule has 1 atom stereocenters. The van der Waals surface area contributed by atoms with Crippen LogP contribution < -0.4 is 14.8 Å². The third-order valence-electron chi connectivity index (χ3n) is 4.49. The van der Waals surface area contributed by atoms with Gasteiger partial charge in [0.1, 0.15) is 5.82 Å². The van der Waals surface area contributed by atoms with Gasteiger partial charge in [0.15, 0.2) is 18.3 Å². The lowest BCUT2D eigenvalue weighted by molar-refractivity contribution is 0.0479. The highest BCUT2D eigenvalue weighted by molar-refractivity contribution is 7.48. The van der Waals surface area contributed by atoms with Gasteiger partial charge >= 0.3 is 0 Å². The highest BCUT2D eigenvalue weighted by Gasteiger charge is 2.34. The maximum Gasteiger partial charge on any atom is 0.188 e. The van der Waals surface area contributed by atoms with Crippen molar-refractivity contribution in [1.29, 1.82) is 0 Å². The van der Waals surface area contributed by atoms with E-state index in [0.29, 0.717) is 20.1 Å². The molecule has 0 aliphatic rings. The molecule has 2 aromatic rings. The molecule has 3 nitrogen and oxygen atoms in total. The van der Waals surface area contributed by atoms with Crippen molar-refractivity contribution in [2.75, 3.05) is 21.0 Å². The molecule has 0 spiro atoms. The number of rotatable bonds is 9. The number of hydrogen-bond acceptors (Lipinski definition) is 3. The number of para-hydroxylation sites is 1. The second-order valence-corrected chi connectivity index (χ2v) is 7.53. The number of halogens is 1. The van der Waals surface area contributed by atoms with Crippen LogP contribution in [0.25, 0.3) is 0 Å². The van der Waals surface area contributed by atoms with E-state index in [1.165, 1.54) is 6.07 Å². The average molecular weight is 364 g/mol. The highest BCUT2D eigenvalue weighted by atomic mass is 31.1. The van der Waals surface area contributed by atoms with Gasteiger partial charge in [-0.3, -0.25) is 0 Å². The molecule has 0 N–H and O–H groups in total. The van der Waals surface area contributed by atoms with Gasteiger partial charge in [-0.05, 0) is 25.0 Å². The first-order valence-electron chi connectivity index (χ1n) is 8.43. The molecule has 0 aliphatic carbocycles. The molecule has 2 aromatic carbocycles. The molecular formula is C20H26FO3P. The van der Waals surface area contributed by atoms with E-state index in [-0.39, 0.29) is 17.8 Å². The molecule has 0 radical (unpaired) electrons. The zero-order chi connectivity index (χ0) is 18.3. The monoisotopic (exact) mass is 364 g/mol. The second-order valence-electron chi connectivity index (χ2n) is 5.78. The van der Waals surface area contributed by atoms with E-state index in [1.807, 2.05) is 30.3 Å². The largest absolute Gasteiger partial charge is 0.493 e. The average Bonchev–Trinajstić information content (AvgIpc) is 2.66. The summed E-state index contributed by atoms with van der Waals surface area (Å²) >= 11 is 0. The summed E-state index contributed by atoms with van der Waals surface area (Å²) in [6, 6.07) is 12.9. The van der Waals surface area contributed by atoms with Crippen LogP contribution in [0.15, 0.2) is 42.5 Å². The Bertz CT molecular complexity index is 686. The second kappa shape index (κ2) is 9.17. The van der Waals surface area contributed by atoms with Crippen molar-refractivity contribution in [2.45, 2.75) is 31.8 Å². The molecule has 0 aromatic heterocycles. The molecule has 0 saturated carbocycles. The van der Waals surface area contributed by atoms with E-state index in [2.05, 4.69) is 13.8 Å². The zero-order valence-electron chi connectivity index (χ0n) is 15.3. The summed E-state index contributed by atoms with van der Waals surface area (Å²) in [5, 5.41) is 0.520. The molecule has 0 heterocycles. The van der Waals surface area contributed by atoms with Crippen LogP contribution in [0.2, 0.25) is 0 Å². The Morgan fingerprint density at radius 1 is 1.00 bits per heavy atom. The van der Waals surface area contributed by atoms with E-state index in [9.17, 15) is 4.39 Å². The van der Waals surface area contributed by atoms with E-state index in [1.54, 1.807) is 20.3 Å². The summed E-state index contributed by atoms with van der Waals surface area (Å²) in [6.45, 7) is 4.41. The Labute approximate surface area is 151 Å². The summed E-state index contributed by atoms with van der Waals surface area (Å²) in [5.74, 6) is 1.19. The van der Waals surface area contributed by atoms with Crippen LogP contribution in [0.1, 0.15) is 32.3 Å². The lowest BCUT2D eigenvalue weighted by Gasteiger charge is -2.34. The Morgan fingerprint density at radius 3 is 2.32 bits per heavy atom. The fourth-order valence-electron chi connectivity index (χ4n) is 3.02. The first-order valence-corrected chi connectivity index (χ1v) is 9.43. The first kappa shape index (κ1) is 19.7. The summed E-state index contributed by atoms with van der Waals surface area (Å²) < 4.78 is 30.7. The van der Waals surface area contributed by atoms with Gasteiger partial charge in [-0.25, -0.2) is 4.39 Å². The smallest absolute Gasteiger partial charge is 0.188 e. The van der Waals surface area contributed by atoms with Crippen molar-refractivity contribution >= 4 is 13.9 Å². The lowest BCUT2D eigenvalue weighted by Crippen LogP contribution is -2.24. The molecule has 0 bridgehead atoms. The molecule has 2 rings (SSSR count). The molecule has 0 aliphatic heterocycles. The molecule has 5 heteroatoms. The van der Waals surface area contributed by atoms with Crippen molar-refractivity contribution in [3.8, 4) is 11.5 Å². The number of hydrogen-bond donors (Lipinski definition) is 0. The van der Waals surface area contributed by atoms with Crippen LogP contribution in [0.5, 0.6) is 11.5 Å². The van der Waals surface area contributed by atoms with Gasteiger partial charge < -0.3 is 14.2 Å². The van der Waals surface area contributed by atoms with Crippen molar-refractivity contribution in [3.05, 3.63) is 53.8 Å². The summed E-state index contributed by atoms with van der Waals surface area (Å²) in [6.07, 6.45) is 1.74. The Balaban J connectivity index is 2.54. The SMILES string of the molecule is CCC(CC)(Pc1ccccc1F)c1cccc(OC)c1OCOC. The Hall–Kier alpha value is -1.64. The van der Waals surface area contributed by atoms with Crippen LogP contribution in [0.3, 0.4) is 0 Å². The fourth-order valence-corrected chi connectivity index (χ4v) is 4.60. The van der Waals surface area contributed by atoms with Gasteiger partial charge in [-0.15, -0.1) is 0 Å². The summed E-state index contributed by atoms with van der Waals surface area (Å²) in [5.41, 5.74) is 1.04. The van der Waals surface area contributed by atoms with Crippen LogP contribution in [-0.2, 0) is 9.89 Å². The normalized spacial score (nSPS) is 11.9. The molecule has 1 unspecified atom stereocenters. The molecule has 0 amide bonds. The third-order valence-corrected chi connectivity index (χ3v) is 6.62. The predicted molar refractivity (Wildman–Crippen MR) is 102 cm³/mol. The highest BCUT2D eigenvalue weighted by Crippen LogP contribution is 2.52. The van der Waals surface area contributed by atoms with Gasteiger partial charge in [0.2, 0.25) is 0 Å². The van der Waals surface area contributed by atoms with Crippen molar-refractivity contribution < 1.29 is 18.6 Å². The molecule has 25 heavy (non-hydrogen) atoms. The van der Waals surface area contributed by atoms with Crippen LogP contribution in [0.4, 0.5) is 4.39 Å². The minimum Gasteiger partial charge on any atom is -0.493 e. The van der Waals surface area contributed by atoms with Crippen LogP contribution in [-0.4, -0.2) is 21.0 Å². The molecule has 0 saturated heterocycles. The van der Waals surface area contributed by atoms with Gasteiger partial charge in [0.25, 0.3) is 0 Å². The van der Waals surface area contributed by atoms with E-state index >= 15 is 0 Å². The summed E-state index contributed by atoms with van der Waals surface area (Å²) in [4.78, 5) is 0. The van der Waals surface area contributed by atoms with Gasteiger partial charge in [-0.2, -0.15) is 0 Å². The lowest BCUT2D eigenvalue weighted by atomic mass is 9.91. The van der Waals surface area contributed by atoms with Crippen LogP contribution >= 0.6 is 8.58 Å². The van der Waals surface area contributed by atoms with E-state index in [4.69, 9.17) is 14.2 Å². The third kappa shape index (κ3) is 4.31. The van der Waals surface area contributed by atoms with Crippen molar-refractivity contribution in [1.82, 2.24) is 0 Å². The van der Waals surface area contributed by atoms with Crippen LogP contribution in [0, 0.1) is 5.82 Å².